The molecule has 2 aromatic heterocycles. The minimum atomic E-state index is -3.94. The first-order valence-electron chi connectivity index (χ1n) is 6.09. The topological polar surface area (TPSA) is 82.7 Å². The number of aromatic nitrogens is 5. The molecule has 0 spiro atoms. The second-order valence-electron chi connectivity index (χ2n) is 5.04. The van der Waals surface area contributed by atoms with Gasteiger partial charge < -0.3 is 0 Å². The lowest BCUT2D eigenvalue weighted by molar-refractivity contribution is 0.488. The molecule has 0 aromatic carbocycles. The Labute approximate surface area is 122 Å². The molecule has 2 rings (SSSR count). The fourth-order valence-electron chi connectivity index (χ4n) is 1.86. The number of nitrogens with zero attached hydrogens (tertiary/aromatic N) is 5. The van der Waals surface area contributed by atoms with Gasteiger partial charge >= 0.3 is 0 Å². The molecule has 110 valence electrons. The van der Waals surface area contributed by atoms with E-state index in [1.165, 1.54) is 4.57 Å². The van der Waals surface area contributed by atoms with Crippen molar-refractivity contribution in [3.8, 4) is 11.5 Å². The Bertz CT molecular complexity index is 713. The van der Waals surface area contributed by atoms with E-state index in [1.807, 2.05) is 26.8 Å². The van der Waals surface area contributed by atoms with E-state index in [0.29, 0.717) is 18.1 Å². The number of halogens is 1. The van der Waals surface area contributed by atoms with Gasteiger partial charge in [-0.05, 0) is 18.9 Å². The molecule has 0 aliphatic rings. The summed E-state index contributed by atoms with van der Waals surface area (Å²) < 4.78 is 26.3. The summed E-state index contributed by atoms with van der Waals surface area (Å²) in [5, 5.41) is 11.7. The van der Waals surface area contributed by atoms with Gasteiger partial charge in [0.2, 0.25) is 0 Å². The normalized spacial score (nSPS) is 12.3. The van der Waals surface area contributed by atoms with E-state index >= 15 is 0 Å². The fourth-order valence-corrected chi connectivity index (χ4v) is 2.76. The Morgan fingerprint density at radius 3 is 2.45 bits per heavy atom. The molecule has 0 atom stereocenters. The lowest BCUT2D eigenvalue weighted by atomic mass is 10.2. The second kappa shape index (κ2) is 5.17. The molecule has 0 amide bonds. The summed E-state index contributed by atoms with van der Waals surface area (Å²) >= 11 is 0. The number of hydrogen-bond acceptors (Lipinski definition) is 5. The largest absolute Gasteiger partial charge is 0.296 e. The molecule has 0 N–H and O–H groups in total. The predicted octanol–water partition coefficient (Wildman–Crippen LogP) is 1.57. The van der Waals surface area contributed by atoms with Gasteiger partial charge in [0, 0.05) is 30.0 Å². The molecular weight excluding hydrogens is 302 g/mol. The van der Waals surface area contributed by atoms with Crippen molar-refractivity contribution < 1.29 is 8.42 Å². The van der Waals surface area contributed by atoms with Crippen molar-refractivity contribution in [1.82, 2.24) is 24.5 Å². The van der Waals surface area contributed by atoms with Crippen LogP contribution in [0.2, 0.25) is 0 Å². The van der Waals surface area contributed by atoms with Gasteiger partial charge in [-0.25, -0.2) is 8.42 Å². The van der Waals surface area contributed by atoms with Crippen LogP contribution in [0.4, 0.5) is 0 Å². The Morgan fingerprint density at radius 2 is 2.00 bits per heavy atom. The van der Waals surface area contributed by atoms with Gasteiger partial charge in [0.15, 0.2) is 5.82 Å². The zero-order valence-corrected chi connectivity index (χ0v) is 13.3. The van der Waals surface area contributed by atoms with Gasteiger partial charge in [-0.2, -0.15) is 5.10 Å². The van der Waals surface area contributed by atoms with Gasteiger partial charge in [-0.3, -0.25) is 9.25 Å². The van der Waals surface area contributed by atoms with E-state index < -0.39 is 9.05 Å². The first-order chi connectivity index (χ1) is 9.20. The average molecular weight is 318 g/mol. The van der Waals surface area contributed by atoms with Crippen LogP contribution in [0.5, 0.6) is 0 Å². The lowest BCUT2D eigenvalue weighted by Crippen LogP contribution is -2.12. The van der Waals surface area contributed by atoms with E-state index in [9.17, 15) is 8.42 Å². The van der Waals surface area contributed by atoms with E-state index in [0.717, 1.165) is 5.69 Å². The summed E-state index contributed by atoms with van der Waals surface area (Å²) in [6.45, 7) is 6.29. The molecule has 0 aliphatic heterocycles. The monoisotopic (exact) mass is 317 g/mol. The molecule has 0 fully saturated rings. The van der Waals surface area contributed by atoms with E-state index in [2.05, 4.69) is 15.3 Å². The highest BCUT2D eigenvalue weighted by Gasteiger charge is 2.25. The van der Waals surface area contributed by atoms with Crippen molar-refractivity contribution in [3.63, 3.8) is 0 Å². The summed E-state index contributed by atoms with van der Waals surface area (Å²) in [5.74, 6) is 0.619. The Balaban J connectivity index is 2.62. The maximum atomic E-state index is 11.6. The van der Waals surface area contributed by atoms with Crippen LogP contribution in [-0.2, 0) is 22.6 Å². The standard InChI is InChI=1S/C11H16ClN5O2S/c1-7(2)6-17-10(9-5-8(3)16(4)15-9)13-14-11(17)20(12,18)19/h5,7H,6H2,1-4H3. The van der Waals surface area contributed by atoms with Gasteiger partial charge in [0.05, 0.1) is 0 Å². The first kappa shape index (κ1) is 15.0. The molecule has 2 heterocycles. The molecule has 9 heteroatoms. The molecule has 2 aromatic rings. The zero-order chi connectivity index (χ0) is 15.1. The van der Waals surface area contributed by atoms with Crippen LogP contribution < -0.4 is 0 Å². The third-order valence-electron chi connectivity index (χ3n) is 2.83. The molecule has 0 aliphatic carbocycles. The van der Waals surface area contributed by atoms with Crippen molar-refractivity contribution in [2.24, 2.45) is 13.0 Å². The fraction of sp³-hybridized carbons (Fsp3) is 0.545. The SMILES string of the molecule is Cc1cc(-c2nnc(S(=O)(=O)Cl)n2CC(C)C)nn1C. The van der Waals surface area contributed by atoms with Crippen LogP contribution in [0.3, 0.4) is 0 Å². The molecule has 0 saturated heterocycles. The Kier molecular flexibility index (Phi) is 3.88. The third kappa shape index (κ3) is 2.85. The molecule has 0 radical (unpaired) electrons. The molecule has 7 nitrogen and oxygen atoms in total. The minimum Gasteiger partial charge on any atom is -0.295 e. The maximum absolute atomic E-state index is 11.6. The highest BCUT2D eigenvalue weighted by Crippen LogP contribution is 2.23. The molecule has 20 heavy (non-hydrogen) atoms. The molecular formula is C11H16ClN5O2S. The minimum absolute atomic E-state index is 0.215. The van der Waals surface area contributed by atoms with Crippen molar-refractivity contribution in [3.05, 3.63) is 11.8 Å². The van der Waals surface area contributed by atoms with Crippen molar-refractivity contribution in [1.29, 1.82) is 0 Å². The van der Waals surface area contributed by atoms with Crippen LogP contribution in [0.15, 0.2) is 11.2 Å². The molecule has 0 unspecified atom stereocenters. The summed E-state index contributed by atoms with van der Waals surface area (Å²) in [7, 11) is 3.27. The first-order valence-corrected chi connectivity index (χ1v) is 8.40. The highest BCUT2D eigenvalue weighted by atomic mass is 35.7. The summed E-state index contributed by atoms with van der Waals surface area (Å²) in [4.78, 5) is 0. The number of hydrogen-bond donors (Lipinski definition) is 0. The molecule has 0 bridgehead atoms. The maximum Gasteiger partial charge on any atom is 0.296 e. The van der Waals surface area contributed by atoms with E-state index in [-0.39, 0.29) is 11.1 Å². The summed E-state index contributed by atoms with van der Waals surface area (Å²) in [6, 6.07) is 1.82. The summed E-state index contributed by atoms with van der Waals surface area (Å²) in [6.07, 6.45) is 0. The summed E-state index contributed by atoms with van der Waals surface area (Å²) in [5.41, 5.74) is 1.51. The van der Waals surface area contributed by atoms with E-state index in [4.69, 9.17) is 10.7 Å². The van der Waals surface area contributed by atoms with Crippen LogP contribution in [-0.4, -0.2) is 33.0 Å². The van der Waals surface area contributed by atoms with Crippen LogP contribution in [0.25, 0.3) is 11.5 Å². The highest BCUT2D eigenvalue weighted by molar-refractivity contribution is 8.13. The predicted molar refractivity (Wildman–Crippen MR) is 74.8 cm³/mol. The van der Waals surface area contributed by atoms with Gasteiger partial charge in [0.25, 0.3) is 14.2 Å². The number of aryl methyl sites for hydroxylation is 2. The number of rotatable bonds is 4. The average Bonchev–Trinajstić information content (AvgIpc) is 2.82. The van der Waals surface area contributed by atoms with Gasteiger partial charge in [-0.1, -0.05) is 13.8 Å². The van der Waals surface area contributed by atoms with Crippen molar-refractivity contribution in [2.75, 3.05) is 0 Å². The lowest BCUT2D eigenvalue weighted by Gasteiger charge is -2.09. The van der Waals surface area contributed by atoms with Crippen LogP contribution in [0.1, 0.15) is 19.5 Å². The van der Waals surface area contributed by atoms with Crippen LogP contribution in [0, 0.1) is 12.8 Å². The second-order valence-corrected chi connectivity index (χ2v) is 7.50. The Morgan fingerprint density at radius 1 is 1.35 bits per heavy atom. The smallest absolute Gasteiger partial charge is 0.295 e. The quantitative estimate of drug-likeness (QED) is 0.799. The zero-order valence-electron chi connectivity index (χ0n) is 11.7. The van der Waals surface area contributed by atoms with Crippen molar-refractivity contribution >= 4 is 19.7 Å². The van der Waals surface area contributed by atoms with E-state index in [1.54, 1.807) is 11.7 Å². The molecule has 0 saturated carbocycles. The Hall–Kier alpha value is -1.41. The third-order valence-corrected chi connectivity index (χ3v) is 3.98. The van der Waals surface area contributed by atoms with Crippen LogP contribution >= 0.6 is 10.7 Å². The van der Waals surface area contributed by atoms with Gasteiger partial charge in [0.1, 0.15) is 5.69 Å². The van der Waals surface area contributed by atoms with Crippen molar-refractivity contribution in [2.45, 2.75) is 32.5 Å². The van der Waals surface area contributed by atoms with Gasteiger partial charge in [-0.15, -0.1) is 10.2 Å².